The molecule has 2 atom stereocenters. The molecule has 0 spiro atoms. The van der Waals surface area contributed by atoms with Crippen molar-refractivity contribution in [2.24, 2.45) is 5.92 Å². The molecule has 0 aromatic heterocycles. The summed E-state index contributed by atoms with van der Waals surface area (Å²) in [5, 5.41) is 11.9. The maximum atomic E-state index is 12.3. The van der Waals surface area contributed by atoms with Crippen molar-refractivity contribution in [1.82, 2.24) is 15.1 Å². The van der Waals surface area contributed by atoms with Crippen LogP contribution in [0.3, 0.4) is 0 Å². The van der Waals surface area contributed by atoms with Gasteiger partial charge in [-0.1, -0.05) is 6.92 Å². The number of carbonyl (C=O) groups excluding carboxylic acids is 1. The highest BCUT2D eigenvalue weighted by molar-refractivity contribution is 5.82. The highest BCUT2D eigenvalue weighted by atomic mass is 16.2. The Hall–Kier alpha value is -1.12. The average molecular weight is 250 g/mol. The van der Waals surface area contributed by atoms with Crippen LogP contribution in [0.5, 0.6) is 0 Å². The normalized spacial score (nSPS) is 29.2. The number of amides is 1. The van der Waals surface area contributed by atoms with Crippen molar-refractivity contribution >= 4 is 5.91 Å². The fourth-order valence-corrected chi connectivity index (χ4v) is 2.76. The molecule has 2 rings (SSSR count). The Labute approximate surface area is 109 Å². The zero-order valence-corrected chi connectivity index (χ0v) is 11.1. The summed E-state index contributed by atoms with van der Waals surface area (Å²) in [6.07, 6.45) is 1.67. The molecule has 0 bridgehead atoms. The molecule has 100 valence electrons. The van der Waals surface area contributed by atoms with Crippen molar-refractivity contribution in [3.05, 3.63) is 0 Å². The molecule has 1 amide bonds. The van der Waals surface area contributed by atoms with Crippen LogP contribution in [-0.4, -0.2) is 61.0 Å². The summed E-state index contributed by atoms with van der Waals surface area (Å²) < 4.78 is 0. The number of rotatable bonds is 3. The second kappa shape index (κ2) is 6.17. The van der Waals surface area contributed by atoms with Gasteiger partial charge in [0, 0.05) is 39.1 Å². The SMILES string of the molecule is CC1CCNC1C(=O)N1CCN(CCC#N)CC1. The molecule has 18 heavy (non-hydrogen) atoms. The Bertz CT molecular complexity index is 330. The van der Waals surface area contributed by atoms with E-state index in [2.05, 4.69) is 23.2 Å². The molecule has 2 aliphatic rings. The minimum atomic E-state index is 0.0238. The van der Waals surface area contributed by atoms with Crippen molar-refractivity contribution in [2.45, 2.75) is 25.8 Å². The molecule has 2 aliphatic heterocycles. The minimum Gasteiger partial charge on any atom is -0.339 e. The van der Waals surface area contributed by atoms with Crippen LogP contribution in [0.2, 0.25) is 0 Å². The number of piperazine rings is 1. The molecule has 0 aliphatic carbocycles. The summed E-state index contributed by atoms with van der Waals surface area (Å²) in [5.74, 6) is 0.717. The number of nitriles is 1. The number of hydrogen-bond acceptors (Lipinski definition) is 4. The molecule has 0 aromatic rings. The summed E-state index contributed by atoms with van der Waals surface area (Å²) in [4.78, 5) is 16.6. The van der Waals surface area contributed by atoms with Gasteiger partial charge in [0.15, 0.2) is 0 Å². The summed E-state index contributed by atoms with van der Waals surface area (Å²) in [6, 6.07) is 2.19. The van der Waals surface area contributed by atoms with Crippen molar-refractivity contribution in [3.8, 4) is 6.07 Å². The second-order valence-corrected chi connectivity index (χ2v) is 5.27. The molecular weight excluding hydrogens is 228 g/mol. The molecule has 0 aromatic carbocycles. The first-order chi connectivity index (χ1) is 8.72. The van der Waals surface area contributed by atoms with Crippen molar-refractivity contribution in [3.63, 3.8) is 0 Å². The second-order valence-electron chi connectivity index (χ2n) is 5.27. The molecule has 2 heterocycles. The van der Waals surface area contributed by atoms with E-state index in [1.54, 1.807) is 0 Å². The van der Waals surface area contributed by atoms with Crippen LogP contribution < -0.4 is 5.32 Å². The Balaban J connectivity index is 1.79. The third-order valence-electron chi connectivity index (χ3n) is 4.02. The van der Waals surface area contributed by atoms with Crippen LogP contribution in [0.15, 0.2) is 0 Å². The van der Waals surface area contributed by atoms with Crippen LogP contribution >= 0.6 is 0 Å². The first kappa shape index (κ1) is 13.3. The summed E-state index contributed by atoms with van der Waals surface area (Å²) >= 11 is 0. The first-order valence-electron chi connectivity index (χ1n) is 6.84. The maximum Gasteiger partial charge on any atom is 0.240 e. The fraction of sp³-hybridized carbons (Fsp3) is 0.846. The predicted octanol–water partition coefficient (Wildman–Crippen LogP) is 0.0423. The van der Waals surface area contributed by atoms with Gasteiger partial charge >= 0.3 is 0 Å². The lowest BCUT2D eigenvalue weighted by Gasteiger charge is -2.36. The zero-order valence-electron chi connectivity index (χ0n) is 11.1. The lowest BCUT2D eigenvalue weighted by atomic mass is 10.0. The zero-order chi connectivity index (χ0) is 13.0. The van der Waals surface area contributed by atoms with E-state index in [9.17, 15) is 4.79 Å². The Morgan fingerprint density at radius 1 is 1.39 bits per heavy atom. The van der Waals surface area contributed by atoms with Crippen LogP contribution in [0.4, 0.5) is 0 Å². The molecule has 2 fully saturated rings. The van der Waals surface area contributed by atoms with Crippen molar-refractivity contribution < 1.29 is 4.79 Å². The van der Waals surface area contributed by atoms with Crippen molar-refractivity contribution in [1.29, 1.82) is 5.26 Å². The van der Waals surface area contributed by atoms with Gasteiger partial charge in [-0.15, -0.1) is 0 Å². The largest absolute Gasteiger partial charge is 0.339 e. The Kier molecular flexibility index (Phi) is 4.56. The molecule has 0 radical (unpaired) electrons. The van der Waals surface area contributed by atoms with Gasteiger partial charge in [0.05, 0.1) is 12.1 Å². The highest BCUT2D eigenvalue weighted by Crippen LogP contribution is 2.17. The first-order valence-corrected chi connectivity index (χ1v) is 6.84. The molecule has 0 saturated carbocycles. The van der Waals surface area contributed by atoms with E-state index in [1.165, 1.54) is 0 Å². The minimum absolute atomic E-state index is 0.0238. The topological polar surface area (TPSA) is 59.4 Å². The third kappa shape index (κ3) is 3.01. The van der Waals surface area contributed by atoms with Crippen LogP contribution in [0, 0.1) is 17.2 Å². The van der Waals surface area contributed by atoms with Gasteiger partial charge in [0.2, 0.25) is 5.91 Å². The Morgan fingerprint density at radius 3 is 2.67 bits per heavy atom. The van der Waals surface area contributed by atoms with E-state index in [4.69, 9.17) is 5.26 Å². The number of carbonyl (C=O) groups is 1. The van der Waals surface area contributed by atoms with E-state index in [-0.39, 0.29) is 11.9 Å². The Morgan fingerprint density at radius 2 is 2.11 bits per heavy atom. The molecule has 5 nitrogen and oxygen atoms in total. The van der Waals surface area contributed by atoms with Gasteiger partial charge in [-0.2, -0.15) is 5.26 Å². The lowest BCUT2D eigenvalue weighted by Crippen LogP contribution is -2.54. The third-order valence-corrected chi connectivity index (χ3v) is 4.02. The quantitative estimate of drug-likeness (QED) is 0.768. The van der Waals surface area contributed by atoms with Gasteiger partial charge in [0.1, 0.15) is 0 Å². The molecular formula is C13H22N4O. The lowest BCUT2D eigenvalue weighted by molar-refractivity contribution is -0.135. The summed E-state index contributed by atoms with van der Waals surface area (Å²) in [7, 11) is 0. The fourth-order valence-electron chi connectivity index (χ4n) is 2.76. The van der Waals surface area contributed by atoms with Gasteiger partial charge < -0.3 is 10.2 Å². The smallest absolute Gasteiger partial charge is 0.240 e. The van der Waals surface area contributed by atoms with Crippen molar-refractivity contribution in [2.75, 3.05) is 39.3 Å². The summed E-state index contributed by atoms with van der Waals surface area (Å²) in [6.45, 7) is 7.33. The van der Waals surface area contributed by atoms with Gasteiger partial charge in [-0.05, 0) is 18.9 Å². The summed E-state index contributed by atoms with van der Waals surface area (Å²) in [5.41, 5.74) is 0. The standard InChI is InChI=1S/C13H22N4O/c1-11-3-5-15-12(11)13(18)17-9-7-16(8-10-17)6-2-4-14/h11-12,15H,2-3,5-10H2,1H3. The van der Waals surface area contributed by atoms with E-state index in [1.807, 2.05) is 4.90 Å². The highest BCUT2D eigenvalue weighted by Gasteiger charge is 2.33. The van der Waals surface area contributed by atoms with E-state index in [0.29, 0.717) is 12.3 Å². The molecule has 2 saturated heterocycles. The van der Waals surface area contributed by atoms with Crippen LogP contribution in [-0.2, 0) is 4.79 Å². The van der Waals surface area contributed by atoms with E-state index < -0.39 is 0 Å². The van der Waals surface area contributed by atoms with Crippen LogP contribution in [0.25, 0.3) is 0 Å². The molecule has 1 N–H and O–H groups in total. The molecule has 5 heteroatoms. The number of nitrogens with zero attached hydrogens (tertiary/aromatic N) is 3. The van der Waals surface area contributed by atoms with E-state index >= 15 is 0 Å². The van der Waals surface area contributed by atoms with Crippen LogP contribution in [0.1, 0.15) is 19.8 Å². The van der Waals surface area contributed by atoms with Gasteiger partial charge in [-0.25, -0.2) is 0 Å². The monoisotopic (exact) mass is 250 g/mol. The average Bonchev–Trinajstić information content (AvgIpc) is 2.82. The predicted molar refractivity (Wildman–Crippen MR) is 68.8 cm³/mol. The maximum absolute atomic E-state index is 12.3. The number of hydrogen-bond donors (Lipinski definition) is 1. The van der Waals surface area contributed by atoms with Gasteiger partial charge in [-0.3, -0.25) is 9.69 Å². The van der Waals surface area contributed by atoms with Gasteiger partial charge in [0.25, 0.3) is 0 Å². The van der Waals surface area contributed by atoms with E-state index in [0.717, 1.165) is 45.7 Å². The molecule has 2 unspecified atom stereocenters. The number of nitrogens with one attached hydrogen (secondary N) is 1.